The third-order valence-electron chi connectivity index (χ3n) is 3.23. The zero-order chi connectivity index (χ0) is 15.9. The third kappa shape index (κ3) is 5.77. The van der Waals surface area contributed by atoms with Crippen molar-refractivity contribution in [2.45, 2.75) is 45.7 Å². The third-order valence-corrected chi connectivity index (χ3v) is 3.23. The highest BCUT2D eigenvalue weighted by Gasteiger charge is 2.34. The highest BCUT2D eigenvalue weighted by molar-refractivity contribution is 5.31. The molecule has 0 radical (unpaired) electrons. The lowest BCUT2D eigenvalue weighted by Gasteiger charge is -2.16. The molecule has 0 bridgehead atoms. The Bertz CT molecular complexity index is 438. The SMILES string of the molecule is CCCCC(CC)COc1cc(C(F)(F)F)nc(NC)n1. The van der Waals surface area contributed by atoms with Gasteiger partial charge in [-0.1, -0.05) is 33.1 Å². The first-order chi connectivity index (χ1) is 9.90. The van der Waals surface area contributed by atoms with Crippen LogP contribution < -0.4 is 10.1 Å². The van der Waals surface area contributed by atoms with E-state index < -0.39 is 11.9 Å². The van der Waals surface area contributed by atoms with Crippen molar-refractivity contribution in [2.75, 3.05) is 19.0 Å². The van der Waals surface area contributed by atoms with E-state index in [-0.39, 0.29) is 11.8 Å². The zero-order valence-corrected chi connectivity index (χ0v) is 12.6. The fraction of sp³-hybridized carbons (Fsp3) is 0.714. The first-order valence-corrected chi connectivity index (χ1v) is 7.17. The van der Waals surface area contributed by atoms with E-state index in [2.05, 4.69) is 22.2 Å². The molecule has 0 fully saturated rings. The molecular weight excluding hydrogens is 283 g/mol. The number of rotatable bonds is 8. The summed E-state index contributed by atoms with van der Waals surface area (Å²) in [6.07, 6.45) is -0.411. The van der Waals surface area contributed by atoms with Crippen molar-refractivity contribution in [3.05, 3.63) is 11.8 Å². The molecule has 0 aliphatic carbocycles. The van der Waals surface area contributed by atoms with Gasteiger partial charge < -0.3 is 10.1 Å². The maximum atomic E-state index is 12.7. The first kappa shape index (κ1) is 17.5. The fourth-order valence-electron chi connectivity index (χ4n) is 1.86. The minimum absolute atomic E-state index is 0.0448. The number of halogens is 3. The van der Waals surface area contributed by atoms with E-state index in [4.69, 9.17) is 4.74 Å². The molecule has 7 heteroatoms. The lowest BCUT2D eigenvalue weighted by atomic mass is 10.0. The molecule has 0 amide bonds. The van der Waals surface area contributed by atoms with Crippen molar-refractivity contribution in [3.63, 3.8) is 0 Å². The van der Waals surface area contributed by atoms with E-state index in [1.807, 2.05) is 6.92 Å². The number of anilines is 1. The van der Waals surface area contributed by atoms with Crippen LogP contribution in [0.5, 0.6) is 5.88 Å². The summed E-state index contributed by atoms with van der Waals surface area (Å²) in [5, 5.41) is 2.51. The monoisotopic (exact) mass is 305 g/mol. The zero-order valence-electron chi connectivity index (χ0n) is 12.6. The molecule has 1 rings (SSSR count). The van der Waals surface area contributed by atoms with Crippen molar-refractivity contribution in [1.29, 1.82) is 0 Å². The van der Waals surface area contributed by atoms with Crippen molar-refractivity contribution in [3.8, 4) is 5.88 Å². The van der Waals surface area contributed by atoms with Crippen molar-refractivity contribution in [1.82, 2.24) is 9.97 Å². The second kappa shape index (κ2) is 8.05. The number of nitrogens with one attached hydrogen (secondary N) is 1. The van der Waals surface area contributed by atoms with E-state index in [0.717, 1.165) is 31.7 Å². The summed E-state index contributed by atoms with van der Waals surface area (Å²) in [5.41, 5.74) is -1.00. The minimum Gasteiger partial charge on any atom is -0.477 e. The standard InChI is InChI=1S/C14H22F3N3O/c1-4-6-7-10(5-2)9-21-12-8-11(14(15,16)17)19-13(18-3)20-12/h8,10H,4-7,9H2,1-3H3,(H,18,19,20). The minimum atomic E-state index is -4.51. The lowest BCUT2D eigenvalue weighted by Crippen LogP contribution is -2.15. The first-order valence-electron chi connectivity index (χ1n) is 7.17. The smallest absolute Gasteiger partial charge is 0.433 e. The van der Waals surface area contributed by atoms with E-state index >= 15 is 0 Å². The summed E-state index contributed by atoms with van der Waals surface area (Å²) in [6, 6.07) is 0.841. The number of nitrogens with zero attached hydrogens (tertiary/aromatic N) is 2. The molecule has 1 unspecified atom stereocenters. The molecule has 0 aliphatic rings. The van der Waals surface area contributed by atoms with Gasteiger partial charge >= 0.3 is 6.18 Å². The van der Waals surface area contributed by atoms with Gasteiger partial charge in [-0.3, -0.25) is 0 Å². The predicted molar refractivity (Wildman–Crippen MR) is 75.4 cm³/mol. The van der Waals surface area contributed by atoms with Gasteiger partial charge in [0.2, 0.25) is 11.8 Å². The average molecular weight is 305 g/mol. The Morgan fingerprint density at radius 2 is 2.00 bits per heavy atom. The van der Waals surface area contributed by atoms with Gasteiger partial charge in [-0.2, -0.15) is 18.2 Å². The lowest BCUT2D eigenvalue weighted by molar-refractivity contribution is -0.141. The second-order valence-electron chi connectivity index (χ2n) is 4.89. The molecule has 21 heavy (non-hydrogen) atoms. The highest BCUT2D eigenvalue weighted by atomic mass is 19.4. The fourth-order valence-corrected chi connectivity index (χ4v) is 1.86. The van der Waals surface area contributed by atoms with Crippen molar-refractivity contribution in [2.24, 2.45) is 5.92 Å². The van der Waals surface area contributed by atoms with E-state index in [1.165, 1.54) is 7.05 Å². The largest absolute Gasteiger partial charge is 0.477 e. The molecule has 0 aliphatic heterocycles. The van der Waals surface area contributed by atoms with Crippen LogP contribution in [-0.4, -0.2) is 23.6 Å². The molecule has 0 saturated heterocycles. The van der Waals surface area contributed by atoms with Crippen molar-refractivity contribution < 1.29 is 17.9 Å². The number of ether oxygens (including phenoxy) is 1. The number of alkyl halides is 3. The van der Waals surface area contributed by atoms with Gasteiger partial charge in [-0.05, 0) is 12.3 Å². The Labute approximate surface area is 123 Å². The molecule has 1 atom stereocenters. The molecule has 1 aromatic heterocycles. The number of unbranched alkanes of at least 4 members (excludes halogenated alkanes) is 1. The van der Waals surface area contributed by atoms with Crippen LogP contribution in [0.1, 0.15) is 45.2 Å². The van der Waals surface area contributed by atoms with Crippen LogP contribution in [0.25, 0.3) is 0 Å². The highest BCUT2D eigenvalue weighted by Crippen LogP contribution is 2.30. The summed E-state index contributed by atoms with van der Waals surface area (Å²) in [6.45, 7) is 4.52. The van der Waals surface area contributed by atoms with Gasteiger partial charge in [0.1, 0.15) is 0 Å². The predicted octanol–water partition coefficient (Wildman–Crippen LogP) is 4.13. The van der Waals surface area contributed by atoms with Crippen LogP contribution in [0.2, 0.25) is 0 Å². The molecule has 0 spiro atoms. The van der Waals surface area contributed by atoms with Gasteiger partial charge in [0, 0.05) is 13.1 Å². The Morgan fingerprint density at radius 1 is 1.29 bits per heavy atom. The topological polar surface area (TPSA) is 47.0 Å². The number of hydrogen-bond acceptors (Lipinski definition) is 4. The Morgan fingerprint density at radius 3 is 2.52 bits per heavy atom. The van der Waals surface area contributed by atoms with Crippen LogP contribution in [0.3, 0.4) is 0 Å². The number of aromatic nitrogens is 2. The van der Waals surface area contributed by atoms with E-state index in [9.17, 15) is 13.2 Å². The summed E-state index contributed by atoms with van der Waals surface area (Å²) in [5.74, 6) is 0.186. The molecule has 0 aromatic carbocycles. The van der Waals surface area contributed by atoms with Gasteiger partial charge in [0.05, 0.1) is 6.61 Å². The molecule has 0 saturated carbocycles. The molecule has 4 nitrogen and oxygen atoms in total. The van der Waals surface area contributed by atoms with Gasteiger partial charge in [0.15, 0.2) is 5.69 Å². The summed E-state index contributed by atoms with van der Waals surface area (Å²) >= 11 is 0. The van der Waals surface area contributed by atoms with Crippen LogP contribution >= 0.6 is 0 Å². The Hall–Kier alpha value is -1.53. The molecule has 1 heterocycles. The maximum Gasteiger partial charge on any atom is 0.433 e. The summed E-state index contributed by atoms with van der Waals surface area (Å²) in [4.78, 5) is 7.30. The Kier molecular flexibility index (Phi) is 6.71. The number of hydrogen-bond donors (Lipinski definition) is 1. The van der Waals surface area contributed by atoms with Crippen LogP contribution in [0.15, 0.2) is 6.07 Å². The van der Waals surface area contributed by atoms with E-state index in [0.29, 0.717) is 12.5 Å². The Balaban J connectivity index is 2.78. The van der Waals surface area contributed by atoms with Gasteiger partial charge in [-0.15, -0.1) is 0 Å². The van der Waals surface area contributed by atoms with Crippen LogP contribution in [0.4, 0.5) is 19.1 Å². The van der Waals surface area contributed by atoms with Gasteiger partial charge in [-0.25, -0.2) is 4.98 Å². The molecular formula is C14H22F3N3O. The molecule has 1 aromatic rings. The maximum absolute atomic E-state index is 12.7. The van der Waals surface area contributed by atoms with Gasteiger partial charge in [0.25, 0.3) is 0 Å². The average Bonchev–Trinajstić information content (AvgIpc) is 2.46. The van der Waals surface area contributed by atoms with E-state index in [1.54, 1.807) is 0 Å². The van der Waals surface area contributed by atoms with Crippen molar-refractivity contribution >= 4 is 5.95 Å². The molecule has 1 N–H and O–H groups in total. The second-order valence-corrected chi connectivity index (χ2v) is 4.89. The molecule has 120 valence electrons. The van der Waals surface area contributed by atoms with Crippen LogP contribution in [0, 0.1) is 5.92 Å². The normalized spacial score (nSPS) is 13.0. The summed E-state index contributed by atoms with van der Waals surface area (Å²) < 4.78 is 43.7. The summed E-state index contributed by atoms with van der Waals surface area (Å²) in [7, 11) is 1.47. The van der Waals surface area contributed by atoms with Crippen LogP contribution in [-0.2, 0) is 6.18 Å². The quantitative estimate of drug-likeness (QED) is 0.784.